The number of ether oxygens (including phenoxy) is 6. The van der Waals surface area contributed by atoms with E-state index in [2.05, 4.69) is 17.4 Å². The topological polar surface area (TPSA) is 105 Å². The van der Waals surface area contributed by atoms with Crippen LogP contribution in [0.4, 0.5) is 4.79 Å². The summed E-state index contributed by atoms with van der Waals surface area (Å²) < 4.78 is 35.1. The van der Waals surface area contributed by atoms with Crippen LogP contribution in [0, 0.1) is 0 Å². The molecule has 2 aromatic rings. The van der Waals surface area contributed by atoms with Crippen molar-refractivity contribution in [2.45, 2.75) is 75.5 Å². The van der Waals surface area contributed by atoms with Gasteiger partial charge in [0.2, 0.25) is 5.72 Å². The number of carbonyl (C=O) groups is 1. The van der Waals surface area contributed by atoms with E-state index in [0.29, 0.717) is 0 Å². The smallest absolute Gasteiger partial charge is 0.409 e. The molecule has 9 heteroatoms. The number of nitrogens with one attached hydrogen (secondary N) is 1. The fraction of sp³-hybridized carbons (Fsp3) is 0.519. The predicted molar refractivity (Wildman–Crippen MR) is 127 cm³/mol. The van der Waals surface area contributed by atoms with Crippen LogP contribution in [0.5, 0.6) is 0 Å². The van der Waals surface area contributed by atoms with Gasteiger partial charge in [-0.15, -0.1) is 0 Å². The summed E-state index contributed by atoms with van der Waals surface area (Å²) in [5.41, 5.74) is 2.50. The molecule has 4 aliphatic rings. The molecule has 0 spiro atoms. The van der Waals surface area contributed by atoms with Crippen molar-refractivity contribution in [2.75, 3.05) is 13.2 Å². The second kappa shape index (κ2) is 8.24. The number of benzene rings is 2. The third-order valence-electron chi connectivity index (χ3n) is 7.22. The summed E-state index contributed by atoms with van der Waals surface area (Å²) in [6.07, 6.45) is -4.31. The first-order valence-corrected chi connectivity index (χ1v) is 12.2. The van der Waals surface area contributed by atoms with Crippen molar-refractivity contribution in [1.29, 1.82) is 0 Å². The number of alkyl carbamates (subject to hydrolysis) is 1. The van der Waals surface area contributed by atoms with Gasteiger partial charge in [0.1, 0.15) is 18.8 Å². The molecule has 9 nitrogen and oxygen atoms in total. The van der Waals surface area contributed by atoms with E-state index in [1.807, 2.05) is 36.4 Å². The van der Waals surface area contributed by atoms with Gasteiger partial charge in [0.15, 0.2) is 24.0 Å². The largest absolute Gasteiger partial charge is 0.448 e. The minimum absolute atomic E-state index is 0.106. The highest BCUT2D eigenvalue weighted by Crippen LogP contribution is 2.46. The van der Waals surface area contributed by atoms with Crippen LogP contribution in [0.3, 0.4) is 0 Å². The average Bonchev–Trinajstić information content (AvgIpc) is 3.51. The highest BCUT2D eigenvalue weighted by Gasteiger charge is 2.67. The molecule has 1 amide bonds. The Morgan fingerprint density at radius 2 is 1.58 bits per heavy atom. The van der Waals surface area contributed by atoms with Crippen molar-refractivity contribution >= 4 is 6.09 Å². The lowest BCUT2D eigenvalue weighted by Gasteiger charge is -2.36. The van der Waals surface area contributed by atoms with Crippen molar-refractivity contribution in [3.8, 4) is 11.1 Å². The Kier molecular flexibility index (Phi) is 5.46. The summed E-state index contributed by atoms with van der Waals surface area (Å²) in [5.74, 6) is -1.96. The molecule has 2 aromatic carbocycles. The highest BCUT2D eigenvalue weighted by atomic mass is 16.8. The number of amides is 1. The van der Waals surface area contributed by atoms with Crippen LogP contribution < -0.4 is 5.32 Å². The zero-order chi connectivity index (χ0) is 25.3. The van der Waals surface area contributed by atoms with Crippen LogP contribution in [0.1, 0.15) is 44.7 Å². The first-order chi connectivity index (χ1) is 17.1. The number of hydrogen-bond donors (Lipinski definition) is 2. The van der Waals surface area contributed by atoms with Gasteiger partial charge in [-0.05, 0) is 49.9 Å². The van der Waals surface area contributed by atoms with Crippen molar-refractivity contribution in [3.63, 3.8) is 0 Å². The van der Waals surface area contributed by atoms with Gasteiger partial charge in [0.05, 0.1) is 6.61 Å². The summed E-state index contributed by atoms with van der Waals surface area (Å²) in [5, 5.41) is 14.4. The van der Waals surface area contributed by atoms with Crippen LogP contribution in [-0.2, 0) is 28.4 Å². The Hall–Kier alpha value is -2.53. The number of aliphatic hydroxyl groups is 1. The second-order valence-electron chi connectivity index (χ2n) is 10.6. The minimum atomic E-state index is -1.96. The number of carbonyl (C=O) groups excluding carboxylic acids is 1. The number of hydrogen-bond acceptors (Lipinski definition) is 8. The first-order valence-electron chi connectivity index (χ1n) is 12.2. The molecule has 2 N–H and O–H groups in total. The maximum Gasteiger partial charge on any atom is 0.409 e. The highest BCUT2D eigenvalue weighted by molar-refractivity contribution is 5.79. The molecule has 0 unspecified atom stereocenters. The molecule has 0 bridgehead atoms. The molecular formula is C27H31NO8. The molecule has 0 saturated carbocycles. The van der Waals surface area contributed by atoms with Gasteiger partial charge in [-0.3, -0.25) is 5.32 Å². The maximum atomic E-state index is 13.1. The van der Waals surface area contributed by atoms with Gasteiger partial charge >= 0.3 is 6.09 Å². The van der Waals surface area contributed by atoms with Gasteiger partial charge < -0.3 is 33.5 Å². The molecule has 6 rings (SSSR count). The third-order valence-corrected chi connectivity index (χ3v) is 7.22. The minimum Gasteiger partial charge on any atom is -0.448 e. The molecule has 3 saturated heterocycles. The standard InChI is InChI=1S/C27H31NO8/c1-25(2)32-14-20(34-25)21-27(30,22-23(33-21)36-26(3,4)35-22)28-24(29)31-13-19-17-11-7-5-9-15(17)16-10-6-8-12-18(16)19/h5-12,19-23,30H,13-14H2,1-4H3,(H,28,29)/t20-,21-,22+,23-,27+/m1/s1. The Balaban J connectivity index is 1.21. The summed E-state index contributed by atoms with van der Waals surface area (Å²) in [4.78, 5) is 13.1. The van der Waals surface area contributed by atoms with Gasteiger partial charge in [-0.1, -0.05) is 48.5 Å². The van der Waals surface area contributed by atoms with Crippen LogP contribution in [0.15, 0.2) is 48.5 Å². The lowest BCUT2D eigenvalue weighted by atomic mass is 9.98. The quantitative estimate of drug-likeness (QED) is 0.621. The van der Waals surface area contributed by atoms with E-state index < -0.39 is 48.0 Å². The van der Waals surface area contributed by atoms with Crippen LogP contribution in [0.25, 0.3) is 11.1 Å². The fourth-order valence-corrected chi connectivity index (χ4v) is 5.71. The number of rotatable bonds is 4. The number of fused-ring (bicyclic) bond motifs is 4. The van der Waals surface area contributed by atoms with E-state index in [4.69, 9.17) is 28.4 Å². The molecule has 3 fully saturated rings. The van der Waals surface area contributed by atoms with E-state index in [0.717, 1.165) is 22.3 Å². The second-order valence-corrected chi connectivity index (χ2v) is 10.6. The van der Waals surface area contributed by atoms with Crippen molar-refractivity contribution in [3.05, 3.63) is 59.7 Å². The third kappa shape index (κ3) is 3.91. The molecule has 192 valence electrons. The van der Waals surface area contributed by atoms with Gasteiger partial charge in [0.25, 0.3) is 0 Å². The van der Waals surface area contributed by atoms with E-state index in [1.165, 1.54) is 0 Å². The van der Waals surface area contributed by atoms with Crippen LogP contribution >= 0.6 is 0 Å². The molecule has 36 heavy (non-hydrogen) atoms. The lowest BCUT2D eigenvalue weighted by Crippen LogP contribution is -2.64. The Bertz CT molecular complexity index is 1140. The van der Waals surface area contributed by atoms with E-state index in [1.54, 1.807) is 27.7 Å². The Morgan fingerprint density at radius 3 is 2.19 bits per heavy atom. The molecule has 5 atom stereocenters. The van der Waals surface area contributed by atoms with Crippen molar-refractivity contribution in [2.24, 2.45) is 0 Å². The monoisotopic (exact) mass is 497 g/mol. The van der Waals surface area contributed by atoms with Crippen LogP contribution in [-0.4, -0.2) is 66.3 Å². The first kappa shape index (κ1) is 23.8. The summed E-state index contributed by atoms with van der Waals surface area (Å²) in [6.45, 7) is 7.27. The summed E-state index contributed by atoms with van der Waals surface area (Å²) in [6, 6.07) is 16.2. The lowest BCUT2D eigenvalue weighted by molar-refractivity contribution is -0.251. The molecular weight excluding hydrogens is 466 g/mol. The van der Waals surface area contributed by atoms with E-state index in [-0.39, 0.29) is 19.1 Å². The van der Waals surface area contributed by atoms with Gasteiger partial charge in [-0.2, -0.15) is 0 Å². The molecule has 1 aliphatic carbocycles. The van der Waals surface area contributed by atoms with Gasteiger partial charge in [-0.25, -0.2) is 4.79 Å². The zero-order valence-electron chi connectivity index (χ0n) is 20.7. The average molecular weight is 498 g/mol. The molecule has 3 aliphatic heterocycles. The molecule has 0 radical (unpaired) electrons. The predicted octanol–water partition coefficient (Wildman–Crippen LogP) is 3.24. The van der Waals surface area contributed by atoms with Crippen molar-refractivity contribution < 1.29 is 38.3 Å². The van der Waals surface area contributed by atoms with Crippen molar-refractivity contribution in [1.82, 2.24) is 5.32 Å². The van der Waals surface area contributed by atoms with Gasteiger partial charge in [0, 0.05) is 5.92 Å². The summed E-state index contributed by atoms with van der Waals surface area (Å²) >= 11 is 0. The Morgan fingerprint density at radius 1 is 0.944 bits per heavy atom. The SMILES string of the molecule is CC1(C)OC[C@H]([C@H]2O[C@@H]3OC(C)(C)O[C@@H]3[C@]2(O)NC(=O)OCC2c3ccccc3-c3ccccc32)O1. The van der Waals surface area contributed by atoms with E-state index in [9.17, 15) is 9.90 Å². The maximum absolute atomic E-state index is 13.1. The molecule has 0 aromatic heterocycles. The zero-order valence-corrected chi connectivity index (χ0v) is 20.7. The summed E-state index contributed by atoms with van der Waals surface area (Å²) in [7, 11) is 0. The normalized spacial score (nSPS) is 33.7. The molecule has 3 heterocycles. The Labute approximate surface area is 209 Å². The van der Waals surface area contributed by atoms with E-state index >= 15 is 0 Å². The van der Waals surface area contributed by atoms with Crippen LogP contribution in [0.2, 0.25) is 0 Å². The fourth-order valence-electron chi connectivity index (χ4n) is 5.71.